The maximum Gasteiger partial charge on any atom is 0.0547 e. The van der Waals surface area contributed by atoms with Gasteiger partial charge in [0.2, 0.25) is 0 Å². The molecule has 0 N–H and O–H groups in total. The fourth-order valence-corrected chi connectivity index (χ4v) is 12.0. The van der Waals surface area contributed by atoms with E-state index in [4.69, 9.17) is 0 Å². The lowest BCUT2D eigenvalue weighted by Crippen LogP contribution is -2.14. The van der Waals surface area contributed by atoms with Crippen LogP contribution in [0.3, 0.4) is 0 Å². The average molecular weight is 855 g/mol. The minimum Gasteiger partial charge on any atom is -0.309 e. The van der Waals surface area contributed by atoms with Gasteiger partial charge in [-0.25, -0.2) is 0 Å². The third-order valence-electron chi connectivity index (χ3n) is 15.4. The van der Waals surface area contributed by atoms with Gasteiger partial charge in [-0.05, 0) is 139 Å². The van der Waals surface area contributed by atoms with Crippen molar-refractivity contribution in [3.8, 4) is 67.0 Å². The SMILES string of the molecule is CC1c2ccccc2-c2cc3c(cc21)c1ccc(-c2ccccc2)cc1n3-c1ccc(-c2ccc(-n3c4cc(-c5ccccc5)ccc4c4cc5c(cc43)-c3ccccc3C5(C)C)cc2)cc1. The number of nitrogens with zero attached hydrogens (tertiary/aromatic N) is 2. The number of benzene rings is 10. The zero-order chi connectivity index (χ0) is 44.5. The summed E-state index contributed by atoms with van der Waals surface area (Å²) in [5.41, 5.74) is 25.4. The smallest absolute Gasteiger partial charge is 0.0547 e. The quantitative estimate of drug-likeness (QED) is 0.163. The minimum atomic E-state index is -0.0761. The van der Waals surface area contributed by atoms with Crippen molar-refractivity contribution in [1.29, 1.82) is 0 Å². The monoisotopic (exact) mass is 854 g/mol. The van der Waals surface area contributed by atoms with Gasteiger partial charge in [0.1, 0.15) is 0 Å². The molecule has 2 aliphatic carbocycles. The Morgan fingerprint density at radius 3 is 1.34 bits per heavy atom. The molecule has 2 nitrogen and oxygen atoms in total. The Hall–Kier alpha value is -8.20. The van der Waals surface area contributed by atoms with Crippen molar-refractivity contribution in [3.05, 3.63) is 241 Å². The van der Waals surface area contributed by atoms with Crippen molar-refractivity contribution in [1.82, 2.24) is 9.13 Å². The highest BCUT2D eigenvalue weighted by Crippen LogP contribution is 2.52. The van der Waals surface area contributed by atoms with Crippen molar-refractivity contribution >= 4 is 43.6 Å². The summed E-state index contributed by atoms with van der Waals surface area (Å²) in [6.07, 6.45) is 0. The van der Waals surface area contributed by atoms with Crippen molar-refractivity contribution in [2.75, 3.05) is 0 Å². The van der Waals surface area contributed by atoms with Gasteiger partial charge in [0, 0.05) is 44.3 Å². The lowest BCUT2D eigenvalue weighted by Gasteiger charge is -2.21. The van der Waals surface area contributed by atoms with Crippen LogP contribution in [0.1, 0.15) is 48.9 Å². The Morgan fingerprint density at radius 2 is 0.761 bits per heavy atom. The summed E-state index contributed by atoms with van der Waals surface area (Å²) < 4.78 is 4.97. The Morgan fingerprint density at radius 1 is 0.313 bits per heavy atom. The molecule has 2 aliphatic rings. The molecule has 2 aromatic heterocycles. The molecule has 10 aromatic carbocycles. The van der Waals surface area contributed by atoms with Crippen LogP contribution in [0.15, 0.2) is 218 Å². The van der Waals surface area contributed by atoms with Gasteiger partial charge in [-0.2, -0.15) is 0 Å². The summed E-state index contributed by atoms with van der Waals surface area (Å²) in [6, 6.07) is 81.6. The van der Waals surface area contributed by atoms with Crippen LogP contribution in [-0.2, 0) is 5.41 Å². The molecule has 0 saturated heterocycles. The second kappa shape index (κ2) is 14.1. The van der Waals surface area contributed by atoms with E-state index >= 15 is 0 Å². The Labute approximate surface area is 390 Å². The Balaban J connectivity index is 0.896. The van der Waals surface area contributed by atoms with Crippen LogP contribution in [0.2, 0.25) is 0 Å². The number of rotatable bonds is 5. The standard InChI is InChI=1S/C65H46N2/c1-40-49-18-10-11-19-50(49)55-38-63-57(36-54(40)55)52-32-26-45(41-14-6-4-7-15-41)34-61(52)66(63)47-28-22-43(23-29-47)44-24-30-48(31-25-44)67-62-35-46(42-16-8-5-9-17-42)27-33-53(62)58-37-60-56(39-64(58)67)51-20-12-13-21-59(51)65(60,2)3/h4-40H,1-3H3. The number of hydrogen-bond acceptors (Lipinski definition) is 0. The molecule has 0 saturated carbocycles. The van der Waals surface area contributed by atoms with Crippen LogP contribution in [0.5, 0.6) is 0 Å². The first kappa shape index (κ1) is 38.1. The molecule has 1 atom stereocenters. The molecule has 0 spiro atoms. The molecule has 2 heterocycles. The third-order valence-corrected chi connectivity index (χ3v) is 15.4. The normalized spacial score (nSPS) is 14.5. The molecule has 2 heteroatoms. The van der Waals surface area contributed by atoms with Gasteiger partial charge in [-0.1, -0.05) is 178 Å². The van der Waals surface area contributed by atoms with Crippen molar-refractivity contribution in [2.45, 2.75) is 32.1 Å². The zero-order valence-corrected chi connectivity index (χ0v) is 37.8. The second-order valence-electron chi connectivity index (χ2n) is 19.3. The number of aromatic nitrogens is 2. The van der Waals surface area contributed by atoms with Gasteiger partial charge in [-0.15, -0.1) is 0 Å². The molecule has 14 rings (SSSR count). The molecular formula is C65H46N2. The summed E-state index contributed by atoms with van der Waals surface area (Å²) in [5.74, 6) is 0.357. The average Bonchev–Trinajstić information content (AvgIpc) is 4.05. The van der Waals surface area contributed by atoms with Crippen LogP contribution in [-0.4, -0.2) is 9.13 Å². The first-order valence-corrected chi connectivity index (χ1v) is 23.7. The van der Waals surface area contributed by atoms with Crippen LogP contribution in [0, 0.1) is 0 Å². The van der Waals surface area contributed by atoms with Crippen molar-refractivity contribution in [3.63, 3.8) is 0 Å². The van der Waals surface area contributed by atoms with E-state index in [-0.39, 0.29) is 5.41 Å². The van der Waals surface area contributed by atoms with E-state index in [1.54, 1.807) is 0 Å². The largest absolute Gasteiger partial charge is 0.309 e. The van der Waals surface area contributed by atoms with E-state index in [9.17, 15) is 0 Å². The first-order chi connectivity index (χ1) is 32.9. The summed E-state index contributed by atoms with van der Waals surface area (Å²) >= 11 is 0. The van der Waals surface area contributed by atoms with E-state index in [2.05, 4.69) is 248 Å². The van der Waals surface area contributed by atoms with E-state index < -0.39 is 0 Å². The van der Waals surface area contributed by atoms with E-state index in [0.717, 1.165) is 11.4 Å². The van der Waals surface area contributed by atoms with Gasteiger partial charge in [0.25, 0.3) is 0 Å². The fraction of sp³-hybridized carbons (Fsp3) is 0.0769. The molecule has 67 heavy (non-hydrogen) atoms. The Kier molecular flexibility index (Phi) is 8.05. The molecule has 0 bridgehead atoms. The lowest BCUT2D eigenvalue weighted by atomic mass is 9.82. The van der Waals surface area contributed by atoms with Crippen LogP contribution in [0.4, 0.5) is 0 Å². The third kappa shape index (κ3) is 5.57. The lowest BCUT2D eigenvalue weighted by molar-refractivity contribution is 0.661. The van der Waals surface area contributed by atoms with Crippen LogP contribution < -0.4 is 0 Å². The zero-order valence-electron chi connectivity index (χ0n) is 37.8. The highest BCUT2D eigenvalue weighted by Gasteiger charge is 2.36. The maximum atomic E-state index is 2.49. The summed E-state index contributed by atoms with van der Waals surface area (Å²) in [6.45, 7) is 7.10. The summed E-state index contributed by atoms with van der Waals surface area (Å²) in [7, 11) is 0. The summed E-state index contributed by atoms with van der Waals surface area (Å²) in [4.78, 5) is 0. The van der Waals surface area contributed by atoms with E-state index in [1.165, 1.54) is 122 Å². The number of hydrogen-bond donors (Lipinski definition) is 0. The first-order valence-electron chi connectivity index (χ1n) is 23.7. The highest BCUT2D eigenvalue weighted by atomic mass is 15.0. The molecule has 316 valence electrons. The number of fused-ring (bicyclic) bond motifs is 12. The summed E-state index contributed by atoms with van der Waals surface area (Å²) in [5, 5.41) is 5.14. The van der Waals surface area contributed by atoms with Crippen molar-refractivity contribution < 1.29 is 0 Å². The molecule has 0 amide bonds. The highest BCUT2D eigenvalue weighted by molar-refractivity contribution is 6.13. The van der Waals surface area contributed by atoms with Crippen molar-refractivity contribution in [2.24, 2.45) is 0 Å². The molecule has 0 radical (unpaired) electrons. The van der Waals surface area contributed by atoms with Gasteiger partial charge in [0.05, 0.1) is 22.1 Å². The molecule has 1 unspecified atom stereocenters. The van der Waals surface area contributed by atoms with Crippen LogP contribution in [0.25, 0.3) is 111 Å². The predicted molar refractivity (Wildman–Crippen MR) is 282 cm³/mol. The Bertz CT molecular complexity index is 3980. The minimum absolute atomic E-state index is 0.0761. The van der Waals surface area contributed by atoms with Gasteiger partial charge in [0.15, 0.2) is 0 Å². The van der Waals surface area contributed by atoms with E-state index in [0.29, 0.717) is 5.92 Å². The second-order valence-corrected chi connectivity index (χ2v) is 19.3. The predicted octanol–water partition coefficient (Wildman–Crippen LogP) is 17.3. The van der Waals surface area contributed by atoms with Gasteiger partial charge < -0.3 is 9.13 Å². The molecule has 0 fully saturated rings. The van der Waals surface area contributed by atoms with E-state index in [1.807, 2.05) is 0 Å². The fourth-order valence-electron chi connectivity index (χ4n) is 12.0. The topological polar surface area (TPSA) is 9.86 Å². The molecule has 0 aliphatic heterocycles. The van der Waals surface area contributed by atoms with Crippen LogP contribution >= 0.6 is 0 Å². The van der Waals surface area contributed by atoms with Gasteiger partial charge >= 0.3 is 0 Å². The molecule has 12 aromatic rings. The van der Waals surface area contributed by atoms with Gasteiger partial charge in [-0.3, -0.25) is 0 Å². The maximum absolute atomic E-state index is 2.49. The molecular weight excluding hydrogens is 809 g/mol.